The third-order valence-electron chi connectivity index (χ3n) is 4.82. The fourth-order valence-electron chi connectivity index (χ4n) is 3.81. The number of aryl methyl sites for hydroxylation is 1. The van der Waals surface area contributed by atoms with Gasteiger partial charge in [-0.1, -0.05) is 13.0 Å². The van der Waals surface area contributed by atoms with Crippen molar-refractivity contribution in [2.75, 3.05) is 19.8 Å². The molecule has 3 nitrogen and oxygen atoms in total. The smallest absolute Gasteiger partial charge is 0.120 e. The number of phenols is 1. The Morgan fingerprint density at radius 2 is 2.20 bits per heavy atom. The van der Waals surface area contributed by atoms with Gasteiger partial charge in [-0.25, -0.2) is 0 Å². The number of ether oxygens (including phenoxy) is 1. The van der Waals surface area contributed by atoms with Crippen molar-refractivity contribution in [1.29, 1.82) is 0 Å². The minimum absolute atomic E-state index is 0.293. The molecule has 1 aliphatic heterocycles. The molecule has 0 radical (unpaired) electrons. The predicted molar refractivity (Wildman–Crippen MR) is 80.2 cm³/mol. The van der Waals surface area contributed by atoms with Gasteiger partial charge in [-0.15, -0.1) is 0 Å². The highest BCUT2D eigenvalue weighted by atomic mass is 16.5. The van der Waals surface area contributed by atoms with Crippen LogP contribution in [0, 0.1) is 12.8 Å². The minimum Gasteiger partial charge on any atom is -0.508 e. The van der Waals surface area contributed by atoms with Crippen molar-refractivity contribution in [3.05, 3.63) is 28.8 Å². The SMILES string of the molecule is Cc1ccc(O)c2c1C(C)CC2NCC1CCCOC1. The summed E-state index contributed by atoms with van der Waals surface area (Å²) in [6, 6.07) is 4.16. The summed E-state index contributed by atoms with van der Waals surface area (Å²) in [5.41, 5.74) is 3.78. The van der Waals surface area contributed by atoms with Crippen LogP contribution in [0.25, 0.3) is 0 Å². The summed E-state index contributed by atoms with van der Waals surface area (Å²) in [5.74, 6) is 1.60. The van der Waals surface area contributed by atoms with Crippen molar-refractivity contribution in [2.24, 2.45) is 5.92 Å². The van der Waals surface area contributed by atoms with Crippen LogP contribution in [0.5, 0.6) is 5.75 Å². The van der Waals surface area contributed by atoms with Gasteiger partial charge in [0.25, 0.3) is 0 Å². The highest BCUT2D eigenvalue weighted by Crippen LogP contribution is 2.45. The second kappa shape index (κ2) is 5.74. The van der Waals surface area contributed by atoms with Crippen LogP contribution in [0.15, 0.2) is 12.1 Å². The van der Waals surface area contributed by atoms with E-state index in [1.54, 1.807) is 0 Å². The number of fused-ring (bicyclic) bond motifs is 1. The quantitative estimate of drug-likeness (QED) is 0.889. The monoisotopic (exact) mass is 275 g/mol. The Morgan fingerprint density at radius 1 is 1.35 bits per heavy atom. The molecule has 3 heteroatoms. The van der Waals surface area contributed by atoms with E-state index < -0.39 is 0 Å². The first kappa shape index (κ1) is 13.9. The molecule has 1 heterocycles. The molecule has 1 saturated heterocycles. The molecule has 2 N–H and O–H groups in total. The average molecular weight is 275 g/mol. The van der Waals surface area contributed by atoms with Gasteiger partial charge in [0.05, 0.1) is 6.61 Å². The summed E-state index contributed by atoms with van der Waals surface area (Å²) in [6.45, 7) is 7.19. The van der Waals surface area contributed by atoms with E-state index in [2.05, 4.69) is 19.2 Å². The summed E-state index contributed by atoms with van der Waals surface area (Å²) >= 11 is 0. The number of hydrogen-bond donors (Lipinski definition) is 2. The zero-order valence-corrected chi connectivity index (χ0v) is 12.5. The van der Waals surface area contributed by atoms with Crippen LogP contribution in [-0.2, 0) is 4.74 Å². The molecule has 1 aliphatic carbocycles. The predicted octanol–water partition coefficient (Wildman–Crippen LogP) is 3.27. The fraction of sp³-hybridized carbons (Fsp3) is 0.647. The molecule has 3 rings (SSSR count). The van der Waals surface area contributed by atoms with E-state index in [4.69, 9.17) is 4.74 Å². The molecule has 110 valence electrons. The van der Waals surface area contributed by atoms with Crippen LogP contribution in [-0.4, -0.2) is 24.9 Å². The molecule has 0 amide bonds. The molecule has 2 aliphatic rings. The highest BCUT2D eigenvalue weighted by molar-refractivity contribution is 5.50. The average Bonchev–Trinajstić information content (AvgIpc) is 2.80. The van der Waals surface area contributed by atoms with Gasteiger partial charge in [0.15, 0.2) is 0 Å². The Hall–Kier alpha value is -1.06. The lowest BCUT2D eigenvalue weighted by molar-refractivity contribution is 0.0537. The first-order valence-electron chi connectivity index (χ1n) is 7.80. The number of benzene rings is 1. The third-order valence-corrected chi connectivity index (χ3v) is 4.82. The molecule has 3 atom stereocenters. The summed E-state index contributed by atoms with van der Waals surface area (Å²) in [4.78, 5) is 0. The summed E-state index contributed by atoms with van der Waals surface area (Å²) in [7, 11) is 0. The molecule has 1 aromatic rings. The zero-order chi connectivity index (χ0) is 14.1. The number of rotatable bonds is 3. The summed E-state index contributed by atoms with van der Waals surface area (Å²) < 4.78 is 5.54. The van der Waals surface area contributed by atoms with Crippen LogP contribution in [0.3, 0.4) is 0 Å². The van der Waals surface area contributed by atoms with E-state index >= 15 is 0 Å². The highest BCUT2D eigenvalue weighted by Gasteiger charge is 2.32. The van der Waals surface area contributed by atoms with Crippen molar-refractivity contribution >= 4 is 0 Å². The number of aromatic hydroxyl groups is 1. The minimum atomic E-state index is 0.293. The van der Waals surface area contributed by atoms with Crippen molar-refractivity contribution in [2.45, 2.75) is 45.1 Å². The molecule has 0 saturated carbocycles. The molecule has 0 bridgehead atoms. The van der Waals surface area contributed by atoms with E-state index in [0.717, 1.165) is 31.7 Å². The van der Waals surface area contributed by atoms with E-state index in [9.17, 15) is 5.11 Å². The first-order valence-corrected chi connectivity index (χ1v) is 7.80. The van der Waals surface area contributed by atoms with E-state index in [0.29, 0.717) is 23.6 Å². The Balaban J connectivity index is 1.72. The Kier molecular flexibility index (Phi) is 3.99. The second-order valence-electron chi connectivity index (χ2n) is 6.41. The summed E-state index contributed by atoms with van der Waals surface area (Å²) in [5, 5.41) is 13.9. The molecule has 20 heavy (non-hydrogen) atoms. The Morgan fingerprint density at radius 3 is 2.95 bits per heavy atom. The van der Waals surface area contributed by atoms with E-state index in [-0.39, 0.29) is 0 Å². The summed E-state index contributed by atoms with van der Waals surface area (Å²) in [6.07, 6.45) is 3.51. The third kappa shape index (κ3) is 2.57. The number of hydrogen-bond acceptors (Lipinski definition) is 3. The van der Waals surface area contributed by atoms with Crippen LogP contribution in [0.1, 0.15) is 54.8 Å². The number of nitrogens with one attached hydrogen (secondary N) is 1. The van der Waals surface area contributed by atoms with Crippen molar-refractivity contribution in [3.8, 4) is 5.75 Å². The lowest BCUT2D eigenvalue weighted by atomic mass is 9.97. The van der Waals surface area contributed by atoms with Gasteiger partial charge < -0.3 is 15.2 Å². The Bertz CT molecular complexity index is 480. The normalized spacial score (nSPS) is 29.4. The van der Waals surface area contributed by atoms with Crippen LogP contribution in [0.2, 0.25) is 0 Å². The standard InChI is InChI=1S/C17H25NO2/c1-11-5-6-15(19)17-14(8-12(2)16(11)17)18-9-13-4-3-7-20-10-13/h5-6,12-14,18-19H,3-4,7-10H2,1-2H3. The number of phenolic OH excluding ortho intramolecular Hbond substituents is 1. The van der Waals surface area contributed by atoms with E-state index in [1.807, 2.05) is 12.1 Å². The molecule has 3 unspecified atom stereocenters. The lowest BCUT2D eigenvalue weighted by Crippen LogP contribution is -2.31. The van der Waals surface area contributed by atoms with Gasteiger partial charge >= 0.3 is 0 Å². The van der Waals surface area contributed by atoms with Crippen LogP contribution >= 0.6 is 0 Å². The lowest BCUT2D eigenvalue weighted by Gasteiger charge is -2.24. The first-order chi connectivity index (χ1) is 9.66. The second-order valence-corrected chi connectivity index (χ2v) is 6.41. The van der Waals surface area contributed by atoms with Crippen LogP contribution < -0.4 is 5.32 Å². The van der Waals surface area contributed by atoms with Gasteiger partial charge in [-0.2, -0.15) is 0 Å². The maximum Gasteiger partial charge on any atom is 0.120 e. The van der Waals surface area contributed by atoms with Gasteiger partial charge in [0, 0.05) is 24.8 Å². The molecule has 0 spiro atoms. The van der Waals surface area contributed by atoms with Gasteiger partial charge in [-0.05, 0) is 55.2 Å². The maximum absolute atomic E-state index is 10.2. The van der Waals surface area contributed by atoms with Gasteiger partial charge in [0.2, 0.25) is 0 Å². The maximum atomic E-state index is 10.2. The zero-order valence-electron chi connectivity index (χ0n) is 12.5. The molecular formula is C17H25NO2. The van der Waals surface area contributed by atoms with Gasteiger partial charge in [0.1, 0.15) is 5.75 Å². The topological polar surface area (TPSA) is 41.5 Å². The van der Waals surface area contributed by atoms with Crippen molar-refractivity contribution in [1.82, 2.24) is 5.32 Å². The van der Waals surface area contributed by atoms with Crippen molar-refractivity contribution in [3.63, 3.8) is 0 Å². The van der Waals surface area contributed by atoms with E-state index in [1.165, 1.54) is 24.0 Å². The molecular weight excluding hydrogens is 250 g/mol. The largest absolute Gasteiger partial charge is 0.508 e. The Labute approximate surface area is 121 Å². The van der Waals surface area contributed by atoms with Crippen molar-refractivity contribution < 1.29 is 9.84 Å². The molecule has 0 aromatic heterocycles. The van der Waals surface area contributed by atoms with Crippen LogP contribution in [0.4, 0.5) is 0 Å². The molecule has 1 aromatic carbocycles. The molecule has 1 fully saturated rings. The fourth-order valence-corrected chi connectivity index (χ4v) is 3.81. The van der Waals surface area contributed by atoms with Gasteiger partial charge in [-0.3, -0.25) is 0 Å².